The van der Waals surface area contributed by atoms with Crippen LogP contribution in [0.25, 0.3) is 0 Å². The van der Waals surface area contributed by atoms with Crippen molar-refractivity contribution in [3.63, 3.8) is 0 Å². The minimum Gasteiger partial charge on any atom is -0.207 e. The second-order valence-electron chi connectivity index (χ2n) is 2.01. The fourth-order valence-corrected chi connectivity index (χ4v) is 1.29. The molecular formula is C6H6FNO3S. The Bertz CT molecular complexity index is 376. The quantitative estimate of drug-likeness (QED) is 0.687. The van der Waals surface area contributed by atoms with Gasteiger partial charge in [-0.05, 0) is 18.2 Å². The van der Waals surface area contributed by atoms with Crippen molar-refractivity contribution in [2.75, 3.05) is 0 Å². The summed E-state index contributed by atoms with van der Waals surface area (Å²) < 4.78 is 37.8. The van der Waals surface area contributed by atoms with Crippen molar-refractivity contribution in [2.45, 2.75) is 4.90 Å². The van der Waals surface area contributed by atoms with Gasteiger partial charge in [-0.2, -0.15) is 18.6 Å². The molecule has 0 heterocycles. The monoisotopic (exact) mass is 191 g/mol. The summed E-state index contributed by atoms with van der Waals surface area (Å²) in [5.74, 6) is 3.82. The average Bonchev–Trinajstić information content (AvgIpc) is 2.05. The Labute approximate surface area is 68.8 Å². The molecule has 0 unspecified atom stereocenters. The molecule has 0 aliphatic heterocycles. The van der Waals surface area contributed by atoms with Crippen LogP contribution < -0.4 is 5.90 Å². The average molecular weight is 191 g/mol. The van der Waals surface area contributed by atoms with Crippen molar-refractivity contribution in [1.82, 2.24) is 0 Å². The Balaban J connectivity index is 3.21. The van der Waals surface area contributed by atoms with Crippen molar-refractivity contribution in [3.05, 3.63) is 30.1 Å². The van der Waals surface area contributed by atoms with E-state index < -0.39 is 15.9 Å². The molecule has 1 rings (SSSR count). The van der Waals surface area contributed by atoms with Crippen LogP contribution in [0.15, 0.2) is 29.2 Å². The Morgan fingerprint density at radius 1 is 1.42 bits per heavy atom. The van der Waals surface area contributed by atoms with Gasteiger partial charge in [-0.3, -0.25) is 0 Å². The maximum absolute atomic E-state index is 12.5. The van der Waals surface area contributed by atoms with Gasteiger partial charge in [0.05, 0.1) is 4.90 Å². The molecule has 0 saturated carbocycles. The number of rotatable bonds is 2. The van der Waals surface area contributed by atoms with Crippen LogP contribution in [0.1, 0.15) is 0 Å². The van der Waals surface area contributed by atoms with Gasteiger partial charge in [0.25, 0.3) is 0 Å². The molecule has 12 heavy (non-hydrogen) atoms. The summed E-state index contributed by atoms with van der Waals surface area (Å²) in [5.41, 5.74) is 0. The van der Waals surface area contributed by atoms with Gasteiger partial charge >= 0.3 is 10.1 Å². The Morgan fingerprint density at radius 3 is 2.58 bits per heavy atom. The summed E-state index contributed by atoms with van der Waals surface area (Å²) in [7, 11) is -3.98. The molecule has 0 spiro atoms. The molecule has 0 radical (unpaired) electrons. The number of hydrogen-bond donors (Lipinski definition) is 1. The van der Waals surface area contributed by atoms with Gasteiger partial charge in [0.15, 0.2) is 0 Å². The summed E-state index contributed by atoms with van der Waals surface area (Å²) in [5, 5.41) is 0. The predicted octanol–water partition coefficient (Wildman–Crippen LogP) is 0.405. The van der Waals surface area contributed by atoms with Crippen LogP contribution in [-0.2, 0) is 14.4 Å². The first-order valence-electron chi connectivity index (χ1n) is 2.95. The summed E-state index contributed by atoms with van der Waals surface area (Å²) in [6.45, 7) is 0. The van der Waals surface area contributed by atoms with Crippen molar-refractivity contribution in [2.24, 2.45) is 5.90 Å². The topological polar surface area (TPSA) is 69.4 Å². The van der Waals surface area contributed by atoms with E-state index in [1.165, 1.54) is 12.1 Å². The van der Waals surface area contributed by atoms with Gasteiger partial charge in [0.2, 0.25) is 0 Å². The van der Waals surface area contributed by atoms with Crippen molar-refractivity contribution < 1.29 is 17.1 Å². The predicted molar refractivity (Wildman–Crippen MR) is 38.9 cm³/mol. The minimum absolute atomic E-state index is 0.301. The normalized spacial score (nSPS) is 11.5. The largest absolute Gasteiger partial charge is 0.312 e. The molecule has 66 valence electrons. The highest BCUT2D eigenvalue weighted by Crippen LogP contribution is 2.11. The maximum Gasteiger partial charge on any atom is 0.312 e. The van der Waals surface area contributed by atoms with E-state index >= 15 is 0 Å². The van der Waals surface area contributed by atoms with Gasteiger partial charge in [-0.1, -0.05) is 6.07 Å². The highest BCUT2D eigenvalue weighted by molar-refractivity contribution is 7.86. The van der Waals surface area contributed by atoms with E-state index in [1.54, 1.807) is 0 Å². The zero-order valence-corrected chi connectivity index (χ0v) is 6.71. The van der Waals surface area contributed by atoms with Crippen molar-refractivity contribution in [3.8, 4) is 0 Å². The summed E-state index contributed by atoms with van der Waals surface area (Å²) in [6, 6.07) is 4.38. The highest BCUT2D eigenvalue weighted by atomic mass is 32.2. The van der Waals surface area contributed by atoms with Gasteiger partial charge in [0.1, 0.15) is 5.82 Å². The smallest absolute Gasteiger partial charge is 0.207 e. The lowest BCUT2D eigenvalue weighted by atomic mass is 10.4. The minimum atomic E-state index is -3.98. The van der Waals surface area contributed by atoms with Gasteiger partial charge in [0, 0.05) is 0 Å². The fraction of sp³-hybridized carbons (Fsp3) is 0. The van der Waals surface area contributed by atoms with E-state index in [2.05, 4.69) is 10.2 Å². The molecule has 0 fully saturated rings. The van der Waals surface area contributed by atoms with E-state index in [4.69, 9.17) is 0 Å². The number of benzene rings is 1. The number of hydrogen-bond acceptors (Lipinski definition) is 4. The molecule has 1 aromatic carbocycles. The van der Waals surface area contributed by atoms with Crippen LogP contribution >= 0.6 is 0 Å². The maximum atomic E-state index is 12.5. The first kappa shape index (κ1) is 9.11. The van der Waals surface area contributed by atoms with Gasteiger partial charge in [-0.25, -0.2) is 4.39 Å². The molecule has 2 N–H and O–H groups in total. The summed E-state index contributed by atoms with van der Waals surface area (Å²) in [6.07, 6.45) is 0. The Hall–Kier alpha value is -0.980. The molecule has 0 aliphatic rings. The van der Waals surface area contributed by atoms with E-state index in [9.17, 15) is 12.8 Å². The molecule has 0 aliphatic carbocycles. The van der Waals surface area contributed by atoms with E-state index in [0.717, 1.165) is 12.1 Å². The first-order chi connectivity index (χ1) is 5.56. The van der Waals surface area contributed by atoms with Crippen LogP contribution in [-0.4, -0.2) is 8.42 Å². The Morgan fingerprint density at radius 2 is 2.08 bits per heavy atom. The lowest BCUT2D eigenvalue weighted by Crippen LogP contribution is -2.11. The molecule has 0 amide bonds. The lowest BCUT2D eigenvalue weighted by molar-refractivity contribution is 0.332. The van der Waals surface area contributed by atoms with Crippen LogP contribution in [0.3, 0.4) is 0 Å². The second-order valence-corrected chi connectivity index (χ2v) is 3.58. The molecule has 4 nitrogen and oxygen atoms in total. The van der Waals surface area contributed by atoms with Crippen molar-refractivity contribution >= 4 is 10.1 Å². The summed E-state index contributed by atoms with van der Waals surface area (Å²) in [4.78, 5) is -0.301. The SMILES string of the molecule is NOS(=O)(=O)c1cccc(F)c1. The Kier molecular flexibility index (Phi) is 2.41. The molecule has 6 heteroatoms. The lowest BCUT2D eigenvalue weighted by Gasteiger charge is -1.98. The van der Waals surface area contributed by atoms with Crippen molar-refractivity contribution in [1.29, 1.82) is 0 Å². The standard InChI is InChI=1S/C6H6FNO3S/c7-5-2-1-3-6(4-5)12(9,10)11-8/h1-4H,8H2. The third-order valence-corrected chi connectivity index (χ3v) is 2.30. The van der Waals surface area contributed by atoms with E-state index in [-0.39, 0.29) is 4.90 Å². The van der Waals surface area contributed by atoms with Gasteiger partial charge < -0.3 is 0 Å². The van der Waals surface area contributed by atoms with Crippen LogP contribution in [0.2, 0.25) is 0 Å². The molecular weight excluding hydrogens is 185 g/mol. The van der Waals surface area contributed by atoms with E-state index in [1.807, 2.05) is 0 Å². The zero-order chi connectivity index (χ0) is 9.19. The highest BCUT2D eigenvalue weighted by Gasteiger charge is 2.13. The third-order valence-electron chi connectivity index (χ3n) is 1.21. The third kappa shape index (κ3) is 1.79. The molecule has 1 aromatic rings. The second kappa shape index (κ2) is 3.18. The summed E-state index contributed by atoms with van der Waals surface area (Å²) >= 11 is 0. The van der Waals surface area contributed by atoms with Crippen LogP contribution in [0, 0.1) is 5.82 Å². The molecule has 0 bridgehead atoms. The van der Waals surface area contributed by atoms with Gasteiger partial charge in [-0.15, -0.1) is 0 Å². The zero-order valence-electron chi connectivity index (χ0n) is 5.90. The van der Waals surface area contributed by atoms with E-state index in [0.29, 0.717) is 0 Å². The molecule has 0 aromatic heterocycles. The molecule has 0 saturated heterocycles. The first-order valence-corrected chi connectivity index (χ1v) is 4.36. The molecule has 0 atom stereocenters. The fourth-order valence-electron chi connectivity index (χ4n) is 0.678. The van der Waals surface area contributed by atoms with Crippen LogP contribution in [0.5, 0.6) is 0 Å². The number of halogens is 1. The number of nitrogens with two attached hydrogens (primary N) is 1. The van der Waals surface area contributed by atoms with Crippen LogP contribution in [0.4, 0.5) is 4.39 Å².